The van der Waals surface area contributed by atoms with Crippen molar-refractivity contribution in [2.75, 3.05) is 40.9 Å². The van der Waals surface area contributed by atoms with Gasteiger partial charge in [-0.3, -0.25) is 9.36 Å². The first-order chi connectivity index (χ1) is 33.5. The van der Waals surface area contributed by atoms with E-state index in [9.17, 15) is 19.4 Å². The van der Waals surface area contributed by atoms with Crippen LogP contribution in [0, 0.1) is 0 Å². The van der Waals surface area contributed by atoms with E-state index < -0.39 is 26.6 Å². The second kappa shape index (κ2) is 49.6. The van der Waals surface area contributed by atoms with Gasteiger partial charge in [-0.15, -0.1) is 0 Å². The number of unbranched alkanes of at least 4 members (excludes halogenated alkanes) is 14. The maximum atomic E-state index is 12.9. The topological polar surface area (TPSA) is 108 Å². The second-order valence-electron chi connectivity index (χ2n) is 18.8. The summed E-state index contributed by atoms with van der Waals surface area (Å²) in [4.78, 5) is 25.4. The molecule has 3 unspecified atom stereocenters. The van der Waals surface area contributed by atoms with E-state index in [2.05, 4.69) is 141 Å². The Morgan fingerprint density at radius 2 is 0.899 bits per heavy atom. The number of phosphoric ester groups is 1. The lowest BCUT2D eigenvalue weighted by Gasteiger charge is -2.29. The Morgan fingerprint density at radius 3 is 1.35 bits per heavy atom. The van der Waals surface area contributed by atoms with Crippen molar-refractivity contribution in [3.05, 3.63) is 134 Å². The summed E-state index contributed by atoms with van der Waals surface area (Å²) in [6.07, 6.45) is 75.2. The van der Waals surface area contributed by atoms with E-state index in [1.54, 1.807) is 6.08 Å². The number of hydrogen-bond acceptors (Lipinski definition) is 6. The van der Waals surface area contributed by atoms with Crippen LogP contribution in [-0.2, 0) is 18.4 Å². The number of rotatable bonds is 47. The van der Waals surface area contributed by atoms with E-state index in [4.69, 9.17) is 9.05 Å². The van der Waals surface area contributed by atoms with E-state index >= 15 is 0 Å². The number of carbonyl (C=O) groups is 1. The molecule has 69 heavy (non-hydrogen) atoms. The van der Waals surface area contributed by atoms with Crippen molar-refractivity contribution in [1.29, 1.82) is 0 Å². The fourth-order valence-electron chi connectivity index (χ4n) is 6.86. The van der Waals surface area contributed by atoms with Gasteiger partial charge < -0.3 is 28.8 Å². The molecule has 3 atom stereocenters. The molecule has 0 saturated carbocycles. The van der Waals surface area contributed by atoms with Gasteiger partial charge in [0.15, 0.2) is 0 Å². The molecule has 392 valence electrons. The summed E-state index contributed by atoms with van der Waals surface area (Å²) in [5.74, 6) is -0.233. The van der Waals surface area contributed by atoms with E-state index in [1.165, 1.54) is 51.4 Å². The third-order valence-electron chi connectivity index (χ3n) is 11.1. The van der Waals surface area contributed by atoms with Gasteiger partial charge in [0.2, 0.25) is 5.91 Å². The molecular formula is C60H101N2O6P. The normalized spacial score (nSPS) is 15.1. The number of aliphatic hydroxyl groups is 1. The molecule has 0 spiro atoms. The highest BCUT2D eigenvalue weighted by Gasteiger charge is 2.23. The van der Waals surface area contributed by atoms with E-state index in [0.717, 1.165) is 116 Å². The minimum Gasteiger partial charge on any atom is -0.756 e. The minimum atomic E-state index is -4.62. The van der Waals surface area contributed by atoms with Gasteiger partial charge in [-0.2, -0.15) is 0 Å². The number of quaternary nitrogens is 1. The quantitative estimate of drug-likeness (QED) is 0.0272. The van der Waals surface area contributed by atoms with Crippen LogP contribution in [0.25, 0.3) is 0 Å². The Hall–Kier alpha value is -3.36. The molecule has 0 aromatic heterocycles. The smallest absolute Gasteiger partial charge is 0.268 e. The third-order valence-corrected chi connectivity index (χ3v) is 12.1. The van der Waals surface area contributed by atoms with Gasteiger partial charge in [0.25, 0.3) is 7.82 Å². The molecule has 0 rings (SSSR count). The number of aliphatic hydroxyl groups excluding tert-OH is 1. The number of nitrogens with zero attached hydrogens (tertiary/aromatic N) is 1. The molecule has 0 aliphatic heterocycles. The van der Waals surface area contributed by atoms with Crippen LogP contribution >= 0.6 is 7.82 Å². The molecule has 0 aromatic rings. The van der Waals surface area contributed by atoms with Gasteiger partial charge in [-0.05, 0) is 103 Å². The zero-order valence-electron chi connectivity index (χ0n) is 44.5. The van der Waals surface area contributed by atoms with E-state index in [-0.39, 0.29) is 12.5 Å². The molecule has 2 N–H and O–H groups in total. The number of phosphoric acid groups is 1. The molecule has 0 bridgehead atoms. The number of amides is 1. The molecule has 0 aliphatic rings. The average molecular weight is 977 g/mol. The highest BCUT2D eigenvalue weighted by Crippen LogP contribution is 2.38. The van der Waals surface area contributed by atoms with Crippen LogP contribution in [0.3, 0.4) is 0 Å². The van der Waals surface area contributed by atoms with Crippen molar-refractivity contribution < 1.29 is 32.9 Å². The van der Waals surface area contributed by atoms with Crippen LogP contribution < -0.4 is 10.2 Å². The summed E-state index contributed by atoms with van der Waals surface area (Å²) < 4.78 is 23.2. The van der Waals surface area contributed by atoms with Crippen LogP contribution in [0.2, 0.25) is 0 Å². The van der Waals surface area contributed by atoms with Crippen LogP contribution in [0.4, 0.5) is 0 Å². The van der Waals surface area contributed by atoms with Crippen LogP contribution in [0.15, 0.2) is 134 Å². The largest absolute Gasteiger partial charge is 0.756 e. The third kappa shape index (κ3) is 52.3. The van der Waals surface area contributed by atoms with Gasteiger partial charge in [0, 0.05) is 6.42 Å². The summed E-state index contributed by atoms with van der Waals surface area (Å²) in [5.41, 5.74) is 0. The van der Waals surface area contributed by atoms with Gasteiger partial charge in [-0.1, -0.05) is 212 Å². The summed E-state index contributed by atoms with van der Waals surface area (Å²) >= 11 is 0. The lowest BCUT2D eigenvalue weighted by atomic mass is 10.1. The molecule has 0 heterocycles. The fraction of sp³-hybridized carbons (Fsp3) is 0.617. The Balaban J connectivity index is 4.31. The zero-order chi connectivity index (χ0) is 50.6. The molecular weight excluding hydrogens is 876 g/mol. The predicted octanol–water partition coefficient (Wildman–Crippen LogP) is 15.7. The van der Waals surface area contributed by atoms with Crippen LogP contribution in [0.1, 0.15) is 187 Å². The van der Waals surface area contributed by atoms with Gasteiger partial charge in [-0.25, -0.2) is 0 Å². The lowest BCUT2D eigenvalue weighted by Crippen LogP contribution is -2.45. The van der Waals surface area contributed by atoms with Crippen molar-refractivity contribution in [2.45, 2.75) is 199 Å². The Kier molecular flexibility index (Phi) is 47.2. The Labute approximate surface area is 424 Å². The van der Waals surface area contributed by atoms with Crippen LogP contribution in [0.5, 0.6) is 0 Å². The predicted molar refractivity (Wildman–Crippen MR) is 297 cm³/mol. The summed E-state index contributed by atoms with van der Waals surface area (Å²) in [7, 11) is 1.21. The molecule has 1 amide bonds. The number of carbonyl (C=O) groups excluding carboxylic acids is 1. The van der Waals surface area contributed by atoms with Crippen molar-refractivity contribution in [3.63, 3.8) is 0 Å². The summed E-state index contributed by atoms with van der Waals surface area (Å²) in [6, 6.07) is -0.923. The molecule has 0 aliphatic carbocycles. The average Bonchev–Trinajstić information content (AvgIpc) is 3.31. The first kappa shape index (κ1) is 65.6. The SMILES string of the molecule is CC/C=C\C/C=C\C/C=C\C/C=C\C/C=C\C/C=C\C/C=C\C/C=C\C/C=C\CCCCCCCC(=O)NC(COP(=O)([O-])OCC[N+](C)(C)C)C(O)/C=C/CC/C=C/CCCCCCCCCC. The molecule has 8 nitrogen and oxygen atoms in total. The Bertz CT molecular complexity index is 1580. The van der Waals surface area contributed by atoms with Gasteiger partial charge in [0.1, 0.15) is 13.2 Å². The summed E-state index contributed by atoms with van der Waals surface area (Å²) in [5, 5.41) is 13.8. The van der Waals surface area contributed by atoms with Crippen LogP contribution in [-0.4, -0.2) is 68.5 Å². The highest BCUT2D eigenvalue weighted by molar-refractivity contribution is 7.45. The van der Waals surface area contributed by atoms with Crippen molar-refractivity contribution >= 4 is 13.7 Å². The second-order valence-corrected chi connectivity index (χ2v) is 20.2. The zero-order valence-corrected chi connectivity index (χ0v) is 45.3. The van der Waals surface area contributed by atoms with Gasteiger partial charge in [0.05, 0.1) is 39.9 Å². The molecule has 0 fully saturated rings. The summed E-state index contributed by atoms with van der Waals surface area (Å²) in [6.45, 7) is 4.46. The number of nitrogens with one attached hydrogen (secondary N) is 1. The number of allylic oxidation sites excluding steroid dienone is 21. The van der Waals surface area contributed by atoms with Crippen molar-refractivity contribution in [3.8, 4) is 0 Å². The number of hydrogen-bond donors (Lipinski definition) is 2. The lowest BCUT2D eigenvalue weighted by molar-refractivity contribution is -0.870. The standard InChI is InChI=1S/C60H101N2O6P/c1-6-8-10-12-14-16-18-20-22-23-24-25-26-27-28-29-30-31-32-33-34-35-36-37-38-39-40-42-44-46-48-50-52-54-60(64)61-58(57-68-69(65,66)67-56-55-62(3,4)5)59(63)53-51-49-47-45-43-41-21-19-17-15-13-11-9-7-2/h8,10,14,16,20,22,24-25,27-28,30-31,33-34,36-37,39-40,43,45,51,53,58-59,63H,6-7,9,11-13,15,17-19,21,23,26,29,32,35,38,41-42,44,46-50,52,54-57H2,1-5H3,(H-,61,64,65,66)/b10-8-,16-14-,22-20-,25-24-,28-27-,31-30-,34-33-,37-36-,40-39-,45-43+,53-51+. The molecule has 0 aromatic carbocycles. The first-order valence-corrected chi connectivity index (χ1v) is 28.5. The van der Waals surface area contributed by atoms with Crippen molar-refractivity contribution in [2.24, 2.45) is 0 Å². The minimum absolute atomic E-state index is 0.0182. The Morgan fingerprint density at radius 1 is 0.522 bits per heavy atom. The molecule has 0 saturated heterocycles. The monoisotopic (exact) mass is 977 g/mol. The highest BCUT2D eigenvalue weighted by atomic mass is 31.2. The first-order valence-electron chi connectivity index (χ1n) is 27.0. The number of likely N-dealkylation sites (N-methyl/N-ethyl adjacent to an activating group) is 1. The van der Waals surface area contributed by atoms with E-state index in [1.807, 2.05) is 27.2 Å². The van der Waals surface area contributed by atoms with Crippen molar-refractivity contribution in [1.82, 2.24) is 5.32 Å². The maximum Gasteiger partial charge on any atom is 0.268 e. The fourth-order valence-corrected chi connectivity index (χ4v) is 7.59. The molecule has 0 radical (unpaired) electrons. The molecule has 9 heteroatoms. The van der Waals surface area contributed by atoms with Gasteiger partial charge >= 0.3 is 0 Å². The maximum absolute atomic E-state index is 12.9. The van der Waals surface area contributed by atoms with E-state index in [0.29, 0.717) is 17.4 Å².